The van der Waals surface area contributed by atoms with Gasteiger partial charge in [0.25, 0.3) is 11.8 Å². The maximum Gasteiger partial charge on any atom is 0.276 e. The number of carbonyl (C=O) groups is 2. The van der Waals surface area contributed by atoms with Gasteiger partial charge < -0.3 is 9.47 Å². The van der Waals surface area contributed by atoms with Crippen molar-refractivity contribution in [2.24, 2.45) is 0 Å². The molecule has 3 N–H and O–H groups in total. The van der Waals surface area contributed by atoms with Gasteiger partial charge in [0.2, 0.25) is 0 Å². The predicted octanol–water partition coefficient (Wildman–Crippen LogP) is 3.34. The van der Waals surface area contributed by atoms with E-state index in [1.807, 2.05) is 0 Å². The molecule has 2 amide bonds. The molecule has 11 heteroatoms. The van der Waals surface area contributed by atoms with Crippen LogP contribution in [0.25, 0.3) is 0 Å². The molecule has 2 aromatic carbocycles. The Morgan fingerprint density at radius 1 is 0.964 bits per heavy atom. The molecule has 148 valence electrons. The van der Waals surface area contributed by atoms with E-state index in [1.54, 1.807) is 42.5 Å². The molecule has 0 unspecified atom stereocenters. The number of thiocarbonyl (C=S) groups is 1. The van der Waals surface area contributed by atoms with Crippen molar-refractivity contribution in [2.45, 2.75) is 0 Å². The minimum atomic E-state index is -0.508. The van der Waals surface area contributed by atoms with Crippen LogP contribution in [0.1, 0.15) is 0 Å². The van der Waals surface area contributed by atoms with E-state index < -0.39 is 11.8 Å². The number of para-hydroxylation sites is 1. The Hall–Kier alpha value is -1.88. The lowest BCUT2D eigenvalue weighted by Crippen LogP contribution is -2.50. The maximum atomic E-state index is 11.9. The van der Waals surface area contributed by atoms with E-state index in [1.165, 1.54) is 0 Å². The predicted molar refractivity (Wildman–Crippen MR) is 116 cm³/mol. The number of benzene rings is 2. The molecule has 0 heterocycles. The van der Waals surface area contributed by atoms with E-state index in [0.29, 0.717) is 21.0 Å². The molecule has 7 nitrogen and oxygen atoms in total. The highest BCUT2D eigenvalue weighted by atomic mass is 79.9. The van der Waals surface area contributed by atoms with Gasteiger partial charge in [-0.2, -0.15) is 0 Å². The molecule has 2 rings (SSSR count). The lowest BCUT2D eigenvalue weighted by atomic mass is 10.3. The van der Waals surface area contributed by atoms with Gasteiger partial charge in [0.15, 0.2) is 18.3 Å². The van der Waals surface area contributed by atoms with E-state index in [2.05, 4.69) is 48.0 Å². The van der Waals surface area contributed by atoms with Gasteiger partial charge in [0.1, 0.15) is 11.5 Å². The smallest absolute Gasteiger partial charge is 0.276 e. The molecule has 0 atom stereocenters. The van der Waals surface area contributed by atoms with E-state index in [0.717, 1.165) is 4.47 Å². The zero-order chi connectivity index (χ0) is 20.5. The third kappa shape index (κ3) is 7.63. The fourth-order valence-electron chi connectivity index (χ4n) is 1.80. The van der Waals surface area contributed by atoms with Gasteiger partial charge in [-0.05, 0) is 58.5 Å². The molecule has 2 aromatic rings. The van der Waals surface area contributed by atoms with Gasteiger partial charge in [-0.25, -0.2) is 0 Å². The van der Waals surface area contributed by atoms with Gasteiger partial charge in [0.05, 0.1) is 9.50 Å². The molecule has 0 spiro atoms. The number of ether oxygens (including phenoxy) is 2. The second kappa shape index (κ2) is 11.2. The quantitative estimate of drug-likeness (QED) is 0.377. The number of carbonyl (C=O) groups excluding carboxylic acids is 2. The lowest BCUT2D eigenvalue weighted by Gasteiger charge is -2.12. The highest BCUT2D eigenvalue weighted by Gasteiger charge is 2.09. The number of hydrogen-bond acceptors (Lipinski definition) is 5. The van der Waals surface area contributed by atoms with Crippen LogP contribution in [-0.4, -0.2) is 30.1 Å². The Morgan fingerprint density at radius 3 is 2.36 bits per heavy atom. The first-order valence-corrected chi connectivity index (χ1v) is 10.1. The first-order chi connectivity index (χ1) is 13.3. The molecule has 0 fully saturated rings. The molecule has 28 heavy (non-hydrogen) atoms. The molecular weight excluding hydrogens is 538 g/mol. The molecule has 0 aliphatic rings. The number of rotatable bonds is 6. The number of hydrogen-bond donors (Lipinski definition) is 3. The average Bonchev–Trinajstić information content (AvgIpc) is 2.65. The van der Waals surface area contributed by atoms with E-state index in [-0.39, 0.29) is 18.3 Å². The van der Waals surface area contributed by atoms with Gasteiger partial charge in [0, 0.05) is 4.47 Å². The lowest BCUT2D eigenvalue weighted by molar-refractivity contribution is -0.124. The van der Waals surface area contributed by atoms with Gasteiger partial charge in [-0.3, -0.25) is 25.8 Å². The number of halogens is 3. The van der Waals surface area contributed by atoms with E-state index in [9.17, 15) is 9.59 Å². The molecule has 0 radical (unpaired) electrons. The van der Waals surface area contributed by atoms with Crippen molar-refractivity contribution in [3.8, 4) is 11.5 Å². The van der Waals surface area contributed by atoms with Gasteiger partial charge in [-0.1, -0.05) is 39.7 Å². The maximum absolute atomic E-state index is 11.9. The summed E-state index contributed by atoms with van der Waals surface area (Å²) >= 11 is 17.5. The Balaban J connectivity index is 1.67. The highest BCUT2D eigenvalue weighted by Crippen LogP contribution is 2.28. The number of hydrazine groups is 1. The topological polar surface area (TPSA) is 88.7 Å². The molecule has 0 saturated heterocycles. The van der Waals surface area contributed by atoms with Crippen molar-refractivity contribution in [1.82, 2.24) is 16.2 Å². The number of amides is 2. The fourth-order valence-corrected chi connectivity index (χ4v) is 3.31. The fraction of sp³-hybridized carbons (Fsp3) is 0.118. The molecule has 0 saturated carbocycles. The minimum absolute atomic E-state index is 0.0884. The zero-order valence-corrected chi connectivity index (χ0v) is 18.9. The third-order valence-corrected chi connectivity index (χ3v) is 4.65. The molecule has 0 aliphatic carbocycles. The highest BCUT2D eigenvalue weighted by molar-refractivity contribution is 9.11. The van der Waals surface area contributed by atoms with E-state index in [4.69, 9.17) is 33.3 Å². The van der Waals surface area contributed by atoms with Crippen LogP contribution in [-0.2, 0) is 9.59 Å². The summed E-state index contributed by atoms with van der Waals surface area (Å²) in [5.41, 5.74) is 4.70. The second-order valence-electron chi connectivity index (χ2n) is 5.13. The van der Waals surface area contributed by atoms with Crippen molar-refractivity contribution in [1.29, 1.82) is 0 Å². The molecule has 0 aromatic heterocycles. The molecule has 0 bridgehead atoms. The first kappa shape index (κ1) is 22.4. The standard InChI is InChI=1S/C17H14Br2ClN3O4S/c18-10-5-6-13(11(19)7-10)26-8-15(24)21-17(28)23-22-16(25)9-27-14-4-2-1-3-12(14)20/h1-7H,8-9H2,(H,22,25)(H2,21,23,24,28). The van der Waals surface area contributed by atoms with Gasteiger partial charge in [-0.15, -0.1) is 0 Å². The van der Waals surface area contributed by atoms with Crippen LogP contribution in [0.4, 0.5) is 0 Å². The van der Waals surface area contributed by atoms with Crippen molar-refractivity contribution < 1.29 is 19.1 Å². The van der Waals surface area contributed by atoms with Crippen LogP contribution in [0.15, 0.2) is 51.4 Å². The van der Waals surface area contributed by atoms with Crippen molar-refractivity contribution in [2.75, 3.05) is 13.2 Å². The van der Waals surface area contributed by atoms with Gasteiger partial charge >= 0.3 is 0 Å². The summed E-state index contributed by atoms with van der Waals surface area (Å²) in [5, 5.41) is 2.68. The Kier molecular flexibility index (Phi) is 8.97. The normalized spacial score (nSPS) is 9.96. The summed E-state index contributed by atoms with van der Waals surface area (Å²) in [4.78, 5) is 23.6. The Labute approximate surface area is 188 Å². The van der Waals surface area contributed by atoms with Crippen molar-refractivity contribution in [3.63, 3.8) is 0 Å². The van der Waals surface area contributed by atoms with Crippen molar-refractivity contribution in [3.05, 3.63) is 56.4 Å². The van der Waals surface area contributed by atoms with Crippen molar-refractivity contribution >= 4 is 72.6 Å². The summed E-state index contributed by atoms with van der Waals surface area (Å²) < 4.78 is 12.2. The summed E-state index contributed by atoms with van der Waals surface area (Å²) in [5.74, 6) is -0.117. The minimum Gasteiger partial charge on any atom is -0.483 e. The Bertz CT molecular complexity index is 885. The first-order valence-electron chi connectivity index (χ1n) is 7.69. The van der Waals surface area contributed by atoms with Crippen LogP contribution >= 0.6 is 55.7 Å². The van der Waals surface area contributed by atoms with Crippen LogP contribution in [0, 0.1) is 0 Å². The largest absolute Gasteiger partial charge is 0.483 e. The SMILES string of the molecule is O=C(COc1ccccc1Cl)NNC(=S)NC(=O)COc1ccc(Br)cc1Br. The molecular formula is C17H14Br2ClN3O4S. The zero-order valence-electron chi connectivity index (χ0n) is 14.1. The molecule has 0 aliphatic heterocycles. The summed E-state index contributed by atoms with van der Waals surface area (Å²) in [6.07, 6.45) is 0. The number of nitrogens with one attached hydrogen (secondary N) is 3. The van der Waals surface area contributed by atoms with E-state index >= 15 is 0 Å². The van der Waals surface area contributed by atoms with Crippen LogP contribution in [0.2, 0.25) is 5.02 Å². The third-order valence-electron chi connectivity index (χ3n) is 3.02. The van der Waals surface area contributed by atoms with Crippen LogP contribution in [0.5, 0.6) is 11.5 Å². The summed E-state index contributed by atoms with van der Waals surface area (Å²) in [6, 6.07) is 12.0. The summed E-state index contributed by atoms with van der Waals surface area (Å²) in [6.45, 7) is -0.542. The average molecular weight is 552 g/mol. The summed E-state index contributed by atoms with van der Waals surface area (Å²) in [7, 11) is 0. The Morgan fingerprint density at radius 2 is 1.64 bits per heavy atom. The van der Waals surface area contributed by atoms with Crippen LogP contribution in [0.3, 0.4) is 0 Å². The van der Waals surface area contributed by atoms with Crippen LogP contribution < -0.4 is 25.6 Å². The monoisotopic (exact) mass is 549 g/mol. The second-order valence-corrected chi connectivity index (χ2v) is 7.72.